The lowest BCUT2D eigenvalue weighted by molar-refractivity contribution is -0.141. The molecule has 8 nitrogen and oxygen atoms in total. The second-order valence-corrected chi connectivity index (χ2v) is 12.5. The van der Waals surface area contributed by atoms with E-state index < -0.39 is 40.9 Å². The van der Waals surface area contributed by atoms with Crippen molar-refractivity contribution in [3.63, 3.8) is 0 Å². The molecule has 1 aliphatic heterocycles. The zero-order valence-corrected chi connectivity index (χ0v) is 24.4. The van der Waals surface area contributed by atoms with Crippen molar-refractivity contribution in [2.45, 2.75) is 104 Å². The van der Waals surface area contributed by atoms with E-state index in [-0.39, 0.29) is 30.1 Å². The van der Waals surface area contributed by atoms with E-state index in [0.717, 1.165) is 18.9 Å². The van der Waals surface area contributed by atoms with Gasteiger partial charge in [-0.15, -0.1) is 0 Å². The molecule has 0 aromatic carbocycles. The number of carbonyl (C=O) groups is 3. The van der Waals surface area contributed by atoms with E-state index in [0.29, 0.717) is 24.9 Å². The number of amides is 3. The van der Waals surface area contributed by atoms with Crippen LogP contribution >= 0.6 is 0 Å². The quantitative estimate of drug-likeness (QED) is 0.357. The van der Waals surface area contributed by atoms with E-state index in [9.17, 15) is 27.6 Å². The fourth-order valence-electron chi connectivity index (χ4n) is 5.12. The Morgan fingerprint density at radius 2 is 1.88 bits per heavy atom. The van der Waals surface area contributed by atoms with Gasteiger partial charge < -0.3 is 15.4 Å². The molecule has 11 heteroatoms. The molecule has 222 valence electrons. The molecule has 40 heavy (non-hydrogen) atoms. The molecule has 1 saturated heterocycles. The maximum absolute atomic E-state index is 13.4. The third kappa shape index (κ3) is 7.97. The highest BCUT2D eigenvalue weighted by Crippen LogP contribution is 2.59. The molecule has 1 aliphatic carbocycles. The molecule has 2 heterocycles. The molecule has 0 unspecified atom stereocenters. The highest BCUT2D eigenvalue weighted by Gasteiger charge is 2.67. The van der Waals surface area contributed by atoms with E-state index in [4.69, 9.17) is 4.74 Å². The third-order valence-corrected chi connectivity index (χ3v) is 7.34. The van der Waals surface area contributed by atoms with E-state index in [1.165, 1.54) is 23.5 Å². The Bertz CT molecular complexity index is 1160. The third-order valence-electron chi connectivity index (χ3n) is 7.34. The van der Waals surface area contributed by atoms with Crippen molar-refractivity contribution in [1.29, 1.82) is 0 Å². The molecule has 2 N–H and O–H groups in total. The Balaban J connectivity index is 1.72. The number of alkyl halides is 3. The topological polar surface area (TPSA) is 101 Å². The standard InChI is InChI=1S/C29H41F3N4O4/c1-17(2)9-8-10-18(3)13-23(37)33-16-28-14-20(36(22(28)15-28)26(39)40-27(5,6)7)25(38)35-24-19(4)11-12-21(34-24)29(30,31)32/h9,11-12,18,20,22H,8,10,13-16H2,1-7H3,(H,33,37)(H,34,35,38)/t18-,20+,22-,28+/m1/s1. The van der Waals surface area contributed by atoms with Crippen LogP contribution in [0.25, 0.3) is 0 Å². The van der Waals surface area contributed by atoms with Crippen LogP contribution in [0.1, 0.15) is 84.9 Å². The molecule has 1 aromatic heterocycles. The van der Waals surface area contributed by atoms with Gasteiger partial charge in [0.25, 0.3) is 0 Å². The van der Waals surface area contributed by atoms with E-state index >= 15 is 0 Å². The van der Waals surface area contributed by atoms with E-state index in [1.807, 2.05) is 20.8 Å². The number of halogens is 3. The van der Waals surface area contributed by atoms with Crippen LogP contribution in [0.15, 0.2) is 23.8 Å². The summed E-state index contributed by atoms with van der Waals surface area (Å²) in [5.74, 6) is -0.752. The Hall–Kier alpha value is -3.11. The first kappa shape index (κ1) is 31.4. The fourth-order valence-corrected chi connectivity index (χ4v) is 5.12. The average molecular weight is 567 g/mol. The number of aryl methyl sites for hydroxylation is 1. The molecule has 4 atom stereocenters. The Morgan fingerprint density at radius 3 is 2.48 bits per heavy atom. The summed E-state index contributed by atoms with van der Waals surface area (Å²) < 4.78 is 45.2. The smallest absolute Gasteiger partial charge is 0.433 e. The van der Waals surface area contributed by atoms with Crippen molar-refractivity contribution >= 4 is 23.7 Å². The minimum atomic E-state index is -4.67. The maximum atomic E-state index is 13.4. The van der Waals surface area contributed by atoms with Crippen molar-refractivity contribution < 1.29 is 32.3 Å². The number of piperidine rings is 1. The lowest BCUT2D eigenvalue weighted by atomic mass is 9.97. The first-order valence-corrected chi connectivity index (χ1v) is 13.7. The zero-order chi connectivity index (χ0) is 30.0. The summed E-state index contributed by atoms with van der Waals surface area (Å²) in [5, 5.41) is 5.48. The van der Waals surface area contributed by atoms with Crippen molar-refractivity contribution in [1.82, 2.24) is 15.2 Å². The number of allylic oxidation sites excluding steroid dienone is 2. The van der Waals surface area contributed by atoms with Crippen LogP contribution in [-0.2, 0) is 20.5 Å². The summed E-state index contributed by atoms with van der Waals surface area (Å²) >= 11 is 0. The van der Waals surface area contributed by atoms with Crippen molar-refractivity contribution in [3.05, 3.63) is 35.0 Å². The number of likely N-dealkylation sites (tertiary alicyclic amines) is 1. The number of rotatable bonds is 9. The number of aromatic nitrogens is 1. The average Bonchev–Trinajstić information content (AvgIpc) is 3.40. The number of hydrogen-bond acceptors (Lipinski definition) is 5. The molecule has 3 rings (SSSR count). The second kappa shape index (κ2) is 11.8. The summed E-state index contributed by atoms with van der Waals surface area (Å²) in [4.78, 5) is 44.2. The number of fused-ring (bicyclic) bond motifs is 1. The Kier molecular flexibility index (Phi) is 9.26. The molecular formula is C29H41F3N4O4. The summed E-state index contributed by atoms with van der Waals surface area (Å²) in [6.45, 7) is 13.1. The van der Waals surface area contributed by atoms with Gasteiger partial charge in [0.05, 0.1) is 0 Å². The minimum absolute atomic E-state index is 0.0924. The maximum Gasteiger partial charge on any atom is 0.433 e. The molecule has 0 bridgehead atoms. The van der Waals surface area contributed by atoms with Crippen molar-refractivity contribution in [2.75, 3.05) is 11.9 Å². The number of anilines is 1. The van der Waals surface area contributed by atoms with Gasteiger partial charge in [0.1, 0.15) is 23.2 Å². The monoisotopic (exact) mass is 566 g/mol. The molecule has 1 aromatic rings. The van der Waals surface area contributed by atoms with Crippen LogP contribution in [0.4, 0.5) is 23.8 Å². The predicted molar refractivity (Wildman–Crippen MR) is 145 cm³/mol. The Labute approximate surface area is 234 Å². The second-order valence-electron chi connectivity index (χ2n) is 12.5. The fraction of sp³-hybridized carbons (Fsp3) is 0.655. The lowest BCUT2D eigenvalue weighted by Gasteiger charge is -2.29. The lowest BCUT2D eigenvalue weighted by Crippen LogP contribution is -2.47. The first-order valence-electron chi connectivity index (χ1n) is 13.7. The van der Waals surface area contributed by atoms with Crippen LogP contribution in [-0.4, -0.2) is 52.0 Å². The largest absolute Gasteiger partial charge is 0.444 e. The number of nitrogens with zero attached hydrogens (tertiary/aromatic N) is 2. The van der Waals surface area contributed by atoms with Gasteiger partial charge in [-0.1, -0.05) is 24.6 Å². The van der Waals surface area contributed by atoms with E-state index in [1.54, 1.807) is 20.8 Å². The van der Waals surface area contributed by atoms with Gasteiger partial charge in [0.15, 0.2) is 0 Å². The minimum Gasteiger partial charge on any atom is -0.444 e. The van der Waals surface area contributed by atoms with Gasteiger partial charge >= 0.3 is 12.3 Å². The van der Waals surface area contributed by atoms with Gasteiger partial charge in [-0.3, -0.25) is 14.5 Å². The molecule has 2 fully saturated rings. The summed E-state index contributed by atoms with van der Waals surface area (Å²) in [5.41, 5.74) is -0.845. The number of carbonyl (C=O) groups excluding carboxylic acids is 3. The van der Waals surface area contributed by atoms with Crippen molar-refractivity contribution in [2.24, 2.45) is 11.3 Å². The van der Waals surface area contributed by atoms with Gasteiger partial charge in [-0.25, -0.2) is 9.78 Å². The molecule has 1 saturated carbocycles. The highest BCUT2D eigenvalue weighted by molar-refractivity contribution is 5.97. The molecule has 0 radical (unpaired) electrons. The van der Waals surface area contributed by atoms with Gasteiger partial charge in [-0.2, -0.15) is 13.2 Å². The molecule has 3 amide bonds. The van der Waals surface area contributed by atoms with Crippen LogP contribution in [0.3, 0.4) is 0 Å². The number of pyridine rings is 1. The highest BCUT2D eigenvalue weighted by atomic mass is 19.4. The number of ether oxygens (including phenoxy) is 1. The normalized spacial score (nSPS) is 22.7. The van der Waals surface area contributed by atoms with Gasteiger partial charge in [-0.05, 0) is 84.8 Å². The SMILES string of the molecule is CC(C)=CCC[C@@H](C)CC(=O)NC[C@@]12C[C@@H](C(=O)Nc3nc(C(F)(F)F)ccc3C)N(C(=O)OC(C)(C)C)[C@@H]1C2. The molecule has 0 spiro atoms. The molecule has 2 aliphatic rings. The van der Waals surface area contributed by atoms with Crippen LogP contribution in [0, 0.1) is 18.3 Å². The van der Waals surface area contributed by atoms with Crippen LogP contribution < -0.4 is 10.6 Å². The number of nitrogens with one attached hydrogen (secondary N) is 2. The molecular weight excluding hydrogens is 525 g/mol. The predicted octanol–water partition coefficient (Wildman–Crippen LogP) is 6.00. The first-order chi connectivity index (χ1) is 18.4. The van der Waals surface area contributed by atoms with Crippen LogP contribution in [0.5, 0.6) is 0 Å². The summed E-state index contributed by atoms with van der Waals surface area (Å²) in [6, 6.07) is 0.775. The van der Waals surface area contributed by atoms with E-state index in [2.05, 4.69) is 21.7 Å². The van der Waals surface area contributed by atoms with Crippen molar-refractivity contribution in [3.8, 4) is 0 Å². The van der Waals surface area contributed by atoms with Gasteiger partial charge in [0.2, 0.25) is 11.8 Å². The zero-order valence-electron chi connectivity index (χ0n) is 24.4. The summed E-state index contributed by atoms with van der Waals surface area (Å²) in [7, 11) is 0. The number of hydrogen-bond donors (Lipinski definition) is 2. The van der Waals surface area contributed by atoms with Gasteiger partial charge in [0, 0.05) is 24.4 Å². The summed E-state index contributed by atoms with van der Waals surface area (Å²) in [6.07, 6.45) is -0.190. The van der Waals surface area contributed by atoms with Crippen LogP contribution in [0.2, 0.25) is 0 Å². The Morgan fingerprint density at radius 1 is 1.20 bits per heavy atom.